The monoisotopic (exact) mass is 179 g/mol. The molecule has 0 bridgehead atoms. The number of ketones is 1. The quantitative estimate of drug-likeness (QED) is 0.670. The maximum Gasteiger partial charge on any atom is 0.161 e. The Labute approximate surface area is 79.5 Å². The summed E-state index contributed by atoms with van der Waals surface area (Å²) in [6, 6.07) is 0. The van der Waals surface area contributed by atoms with Gasteiger partial charge in [0.05, 0.1) is 0 Å². The van der Waals surface area contributed by atoms with Crippen LogP contribution in [0.4, 0.5) is 0 Å². The molecule has 0 unspecified atom stereocenters. The first-order valence-corrected chi connectivity index (χ1v) is 4.59. The standard InChI is InChI=1S/C11H17NO/c1-8(13)9-4-6-11(2,3)7-5-10(9)12/h4-5H,6-7,12H2,1-3H3. The molecule has 1 aliphatic rings. The predicted octanol–water partition coefficient (Wildman–Crippen LogP) is 2.16. The van der Waals surface area contributed by atoms with Crippen molar-refractivity contribution in [2.24, 2.45) is 11.1 Å². The van der Waals surface area contributed by atoms with Gasteiger partial charge >= 0.3 is 0 Å². The highest BCUT2D eigenvalue weighted by atomic mass is 16.1. The molecule has 72 valence electrons. The van der Waals surface area contributed by atoms with Gasteiger partial charge in [-0.1, -0.05) is 26.0 Å². The van der Waals surface area contributed by atoms with Gasteiger partial charge in [0.2, 0.25) is 0 Å². The molecule has 2 heteroatoms. The summed E-state index contributed by atoms with van der Waals surface area (Å²) in [7, 11) is 0. The summed E-state index contributed by atoms with van der Waals surface area (Å²) in [4.78, 5) is 11.2. The van der Waals surface area contributed by atoms with E-state index in [0.29, 0.717) is 11.3 Å². The van der Waals surface area contributed by atoms with Gasteiger partial charge < -0.3 is 5.73 Å². The van der Waals surface area contributed by atoms with Crippen LogP contribution in [0.1, 0.15) is 33.6 Å². The maximum absolute atomic E-state index is 11.2. The number of carbonyl (C=O) groups excluding carboxylic acids is 1. The van der Waals surface area contributed by atoms with E-state index in [1.165, 1.54) is 0 Å². The Hall–Kier alpha value is -1.05. The molecule has 1 rings (SSSR count). The maximum atomic E-state index is 11.2. The lowest BCUT2D eigenvalue weighted by Crippen LogP contribution is -2.07. The third-order valence-corrected chi connectivity index (χ3v) is 2.42. The van der Waals surface area contributed by atoms with Gasteiger partial charge in [-0.15, -0.1) is 0 Å². The number of nitrogens with two attached hydrogens (primary N) is 1. The SMILES string of the molecule is CC(=O)C1=CCC(C)(C)CC=C1N. The van der Waals surface area contributed by atoms with Gasteiger partial charge in [-0.2, -0.15) is 0 Å². The van der Waals surface area contributed by atoms with Crippen molar-refractivity contribution in [1.82, 2.24) is 0 Å². The van der Waals surface area contributed by atoms with Crippen molar-refractivity contribution in [3.63, 3.8) is 0 Å². The minimum atomic E-state index is 0.0615. The molecule has 0 aromatic heterocycles. The first-order chi connectivity index (χ1) is 5.92. The Morgan fingerprint density at radius 3 is 2.46 bits per heavy atom. The van der Waals surface area contributed by atoms with E-state index in [1.54, 1.807) is 6.92 Å². The van der Waals surface area contributed by atoms with Crippen LogP contribution in [0.5, 0.6) is 0 Å². The largest absolute Gasteiger partial charge is 0.398 e. The molecule has 0 atom stereocenters. The minimum Gasteiger partial charge on any atom is -0.398 e. The van der Waals surface area contributed by atoms with Crippen LogP contribution in [-0.2, 0) is 4.79 Å². The summed E-state index contributed by atoms with van der Waals surface area (Å²) in [5, 5.41) is 0. The second-order valence-electron chi connectivity index (χ2n) is 4.41. The fourth-order valence-electron chi connectivity index (χ4n) is 1.42. The van der Waals surface area contributed by atoms with Crippen molar-refractivity contribution >= 4 is 5.78 Å². The second kappa shape index (κ2) is 3.36. The number of hydrogen-bond acceptors (Lipinski definition) is 2. The Bertz CT molecular complexity index is 284. The summed E-state index contributed by atoms with van der Waals surface area (Å²) in [5.74, 6) is 0.0615. The van der Waals surface area contributed by atoms with E-state index in [2.05, 4.69) is 13.8 Å². The van der Waals surface area contributed by atoms with Crippen molar-refractivity contribution in [2.75, 3.05) is 0 Å². The van der Waals surface area contributed by atoms with Gasteiger partial charge in [-0.05, 0) is 25.2 Å². The van der Waals surface area contributed by atoms with Crippen LogP contribution in [0.3, 0.4) is 0 Å². The molecule has 0 radical (unpaired) electrons. The third kappa shape index (κ3) is 2.44. The van der Waals surface area contributed by atoms with Gasteiger partial charge in [-0.3, -0.25) is 4.79 Å². The molecule has 0 heterocycles. The summed E-state index contributed by atoms with van der Waals surface area (Å²) in [6.07, 6.45) is 5.77. The van der Waals surface area contributed by atoms with Crippen LogP contribution >= 0.6 is 0 Å². The molecule has 0 aliphatic heterocycles. The predicted molar refractivity (Wildman–Crippen MR) is 54.0 cm³/mol. The van der Waals surface area contributed by atoms with Gasteiger partial charge in [0.1, 0.15) is 0 Å². The minimum absolute atomic E-state index is 0.0615. The number of allylic oxidation sites excluding steroid dienone is 3. The second-order valence-corrected chi connectivity index (χ2v) is 4.41. The summed E-state index contributed by atoms with van der Waals surface area (Å²) in [5.41, 5.74) is 7.32. The van der Waals surface area contributed by atoms with Crippen LogP contribution in [-0.4, -0.2) is 5.78 Å². The van der Waals surface area contributed by atoms with Crippen molar-refractivity contribution in [3.05, 3.63) is 23.4 Å². The Morgan fingerprint density at radius 1 is 1.38 bits per heavy atom. The lowest BCUT2D eigenvalue weighted by molar-refractivity contribution is -0.113. The Morgan fingerprint density at radius 2 is 1.92 bits per heavy atom. The molecule has 2 N–H and O–H groups in total. The zero-order valence-corrected chi connectivity index (χ0v) is 8.55. The molecule has 2 nitrogen and oxygen atoms in total. The average molecular weight is 179 g/mol. The molecule has 13 heavy (non-hydrogen) atoms. The molecule has 1 aliphatic carbocycles. The van der Waals surface area contributed by atoms with Crippen LogP contribution in [0.15, 0.2) is 23.4 Å². The summed E-state index contributed by atoms with van der Waals surface area (Å²) < 4.78 is 0. The van der Waals surface area contributed by atoms with E-state index in [0.717, 1.165) is 12.8 Å². The van der Waals surface area contributed by atoms with Crippen LogP contribution < -0.4 is 5.73 Å². The smallest absolute Gasteiger partial charge is 0.161 e. The zero-order chi connectivity index (χ0) is 10.1. The molecular formula is C11H17NO. The van der Waals surface area contributed by atoms with Gasteiger partial charge in [0, 0.05) is 11.3 Å². The van der Waals surface area contributed by atoms with E-state index in [4.69, 9.17) is 5.73 Å². The van der Waals surface area contributed by atoms with E-state index in [-0.39, 0.29) is 11.2 Å². The van der Waals surface area contributed by atoms with E-state index < -0.39 is 0 Å². The summed E-state index contributed by atoms with van der Waals surface area (Å²) in [6.45, 7) is 5.91. The van der Waals surface area contributed by atoms with E-state index in [1.807, 2.05) is 12.2 Å². The van der Waals surface area contributed by atoms with E-state index in [9.17, 15) is 4.79 Å². The number of rotatable bonds is 1. The first kappa shape index (κ1) is 10.0. The van der Waals surface area contributed by atoms with Crippen molar-refractivity contribution in [3.8, 4) is 0 Å². The van der Waals surface area contributed by atoms with Crippen LogP contribution in [0, 0.1) is 5.41 Å². The number of hydrogen-bond donors (Lipinski definition) is 1. The fourth-order valence-corrected chi connectivity index (χ4v) is 1.42. The highest BCUT2D eigenvalue weighted by molar-refractivity contribution is 5.97. The highest BCUT2D eigenvalue weighted by Crippen LogP contribution is 2.30. The van der Waals surface area contributed by atoms with E-state index >= 15 is 0 Å². The van der Waals surface area contributed by atoms with Crippen LogP contribution in [0.25, 0.3) is 0 Å². The molecule has 0 aromatic rings. The van der Waals surface area contributed by atoms with Gasteiger partial charge in [0.25, 0.3) is 0 Å². The molecule has 0 amide bonds. The highest BCUT2D eigenvalue weighted by Gasteiger charge is 2.20. The number of Topliss-reactive ketones (excluding diaryl/α,β-unsaturated/α-hetero) is 1. The lowest BCUT2D eigenvalue weighted by Gasteiger charge is -2.19. The normalized spacial score (nSPS) is 21.5. The molecular weight excluding hydrogens is 162 g/mol. The first-order valence-electron chi connectivity index (χ1n) is 4.59. The molecule has 0 aromatic carbocycles. The Balaban J connectivity index is 2.97. The molecule has 0 fully saturated rings. The van der Waals surface area contributed by atoms with Crippen LogP contribution in [0.2, 0.25) is 0 Å². The third-order valence-electron chi connectivity index (χ3n) is 2.42. The molecule has 0 spiro atoms. The molecule has 0 saturated heterocycles. The lowest BCUT2D eigenvalue weighted by atomic mass is 9.86. The van der Waals surface area contributed by atoms with Crippen molar-refractivity contribution in [2.45, 2.75) is 33.6 Å². The molecule has 0 saturated carbocycles. The number of carbonyl (C=O) groups is 1. The fraction of sp³-hybridized carbons (Fsp3) is 0.545. The Kier molecular flexibility index (Phi) is 2.60. The zero-order valence-electron chi connectivity index (χ0n) is 8.55. The van der Waals surface area contributed by atoms with Crippen molar-refractivity contribution in [1.29, 1.82) is 0 Å². The summed E-state index contributed by atoms with van der Waals surface area (Å²) >= 11 is 0. The topological polar surface area (TPSA) is 43.1 Å². The average Bonchev–Trinajstić information content (AvgIpc) is 2.11. The van der Waals surface area contributed by atoms with Crippen molar-refractivity contribution < 1.29 is 4.79 Å². The van der Waals surface area contributed by atoms with Gasteiger partial charge in [0.15, 0.2) is 5.78 Å². The van der Waals surface area contributed by atoms with Gasteiger partial charge in [-0.25, -0.2) is 0 Å².